The van der Waals surface area contributed by atoms with E-state index in [1.54, 1.807) is 18.4 Å². The van der Waals surface area contributed by atoms with Crippen LogP contribution in [0.3, 0.4) is 0 Å². The van der Waals surface area contributed by atoms with E-state index in [9.17, 15) is 9.59 Å². The average molecular weight is 315 g/mol. The van der Waals surface area contributed by atoms with Crippen molar-refractivity contribution in [2.24, 2.45) is 0 Å². The van der Waals surface area contributed by atoms with Crippen LogP contribution in [0.2, 0.25) is 0 Å². The number of hydrogen-bond acceptors (Lipinski definition) is 4. The van der Waals surface area contributed by atoms with Crippen LogP contribution in [0.25, 0.3) is 0 Å². The Morgan fingerprint density at radius 2 is 2.04 bits per heavy atom. The van der Waals surface area contributed by atoms with Gasteiger partial charge in [0.1, 0.15) is 5.76 Å². The van der Waals surface area contributed by atoms with Crippen LogP contribution in [-0.4, -0.2) is 18.5 Å². The first kappa shape index (κ1) is 16.8. The maximum Gasteiger partial charge on any atom is 0.306 e. The van der Waals surface area contributed by atoms with Crippen molar-refractivity contribution >= 4 is 17.6 Å². The molecule has 5 heteroatoms. The maximum atomic E-state index is 12.0. The number of para-hydroxylation sites is 1. The van der Waals surface area contributed by atoms with Crippen LogP contribution in [0, 0.1) is 6.92 Å². The molecule has 0 spiro atoms. The summed E-state index contributed by atoms with van der Waals surface area (Å²) in [5, 5.41) is 2.82. The molecule has 0 aliphatic heterocycles. The number of carbonyl (C=O) groups is 2. The molecule has 1 aromatic carbocycles. The Balaban J connectivity index is 1.80. The van der Waals surface area contributed by atoms with Crippen molar-refractivity contribution in [3.05, 3.63) is 53.5 Å². The van der Waals surface area contributed by atoms with Gasteiger partial charge in [0.25, 0.3) is 5.91 Å². The number of esters is 1. The Bertz CT molecular complexity index is 662. The van der Waals surface area contributed by atoms with Gasteiger partial charge < -0.3 is 14.5 Å². The minimum atomic E-state index is -0.419. The molecule has 5 nitrogen and oxygen atoms in total. The van der Waals surface area contributed by atoms with Crippen LogP contribution in [0.5, 0.6) is 0 Å². The smallest absolute Gasteiger partial charge is 0.306 e. The van der Waals surface area contributed by atoms with Gasteiger partial charge in [0.2, 0.25) is 0 Å². The van der Waals surface area contributed by atoms with Crippen molar-refractivity contribution in [2.75, 3.05) is 11.9 Å². The third kappa shape index (κ3) is 4.98. The highest BCUT2D eigenvalue weighted by atomic mass is 16.5. The van der Waals surface area contributed by atoms with E-state index in [1.807, 2.05) is 32.0 Å². The average Bonchev–Trinajstić information content (AvgIpc) is 3.06. The second-order valence-electron chi connectivity index (χ2n) is 5.25. The number of carbonyl (C=O) groups excluding carboxylic acids is 2. The second kappa shape index (κ2) is 8.17. The summed E-state index contributed by atoms with van der Waals surface area (Å²) in [6.07, 6.45) is 3.03. The standard InChI is InChI=1S/C18H21NO4/c1-3-14-7-4-6-13(2)18(14)19-16(20)12-23-17(21)10-9-15-8-5-11-22-15/h4-8,11H,3,9-10,12H2,1-2H3,(H,19,20). The third-order valence-corrected chi connectivity index (χ3v) is 3.52. The van der Waals surface area contributed by atoms with Gasteiger partial charge in [-0.05, 0) is 36.6 Å². The summed E-state index contributed by atoms with van der Waals surface area (Å²) in [5.74, 6) is -0.0312. The van der Waals surface area contributed by atoms with Gasteiger partial charge in [-0.3, -0.25) is 9.59 Å². The van der Waals surface area contributed by atoms with Crippen molar-refractivity contribution in [3.63, 3.8) is 0 Å². The highest BCUT2D eigenvalue weighted by molar-refractivity contribution is 5.94. The molecule has 0 unspecified atom stereocenters. The molecular weight excluding hydrogens is 294 g/mol. The first-order chi connectivity index (χ1) is 11.1. The second-order valence-corrected chi connectivity index (χ2v) is 5.25. The highest BCUT2D eigenvalue weighted by Gasteiger charge is 2.11. The number of rotatable bonds is 7. The first-order valence-corrected chi connectivity index (χ1v) is 7.66. The summed E-state index contributed by atoms with van der Waals surface area (Å²) >= 11 is 0. The molecule has 0 saturated heterocycles. The number of ether oxygens (including phenoxy) is 1. The van der Waals surface area contributed by atoms with Crippen LogP contribution in [0.4, 0.5) is 5.69 Å². The van der Waals surface area contributed by atoms with E-state index in [4.69, 9.17) is 9.15 Å². The third-order valence-electron chi connectivity index (χ3n) is 3.52. The van der Waals surface area contributed by atoms with E-state index < -0.39 is 5.97 Å². The summed E-state index contributed by atoms with van der Waals surface area (Å²) in [6, 6.07) is 9.42. The minimum Gasteiger partial charge on any atom is -0.469 e. The predicted molar refractivity (Wildman–Crippen MR) is 87.2 cm³/mol. The van der Waals surface area contributed by atoms with E-state index in [0.717, 1.165) is 29.0 Å². The zero-order valence-corrected chi connectivity index (χ0v) is 13.4. The summed E-state index contributed by atoms with van der Waals surface area (Å²) in [7, 11) is 0. The molecule has 0 atom stereocenters. The number of furan rings is 1. The molecule has 2 rings (SSSR count). The normalized spacial score (nSPS) is 10.3. The van der Waals surface area contributed by atoms with Gasteiger partial charge in [-0.15, -0.1) is 0 Å². The minimum absolute atomic E-state index is 0.186. The summed E-state index contributed by atoms with van der Waals surface area (Å²) in [5.41, 5.74) is 2.84. The van der Waals surface area contributed by atoms with Crippen LogP contribution >= 0.6 is 0 Å². The molecule has 0 aliphatic carbocycles. The lowest BCUT2D eigenvalue weighted by atomic mass is 10.1. The molecule has 0 fully saturated rings. The predicted octanol–water partition coefficient (Wildman–Crippen LogP) is 3.26. The summed E-state index contributed by atoms with van der Waals surface area (Å²) < 4.78 is 10.1. The van der Waals surface area contributed by atoms with Crippen LogP contribution in [-0.2, 0) is 27.2 Å². The number of hydrogen-bond donors (Lipinski definition) is 1. The van der Waals surface area contributed by atoms with Crippen molar-refractivity contribution in [3.8, 4) is 0 Å². The van der Waals surface area contributed by atoms with Crippen molar-refractivity contribution in [2.45, 2.75) is 33.1 Å². The molecule has 23 heavy (non-hydrogen) atoms. The van der Waals surface area contributed by atoms with E-state index in [-0.39, 0.29) is 18.9 Å². The van der Waals surface area contributed by atoms with Crippen molar-refractivity contribution < 1.29 is 18.7 Å². The fourth-order valence-corrected chi connectivity index (χ4v) is 2.28. The number of amides is 1. The van der Waals surface area contributed by atoms with Gasteiger partial charge in [0.15, 0.2) is 6.61 Å². The number of anilines is 1. The maximum absolute atomic E-state index is 12.0. The Morgan fingerprint density at radius 3 is 2.74 bits per heavy atom. The largest absolute Gasteiger partial charge is 0.469 e. The van der Waals surface area contributed by atoms with Crippen molar-refractivity contribution in [1.82, 2.24) is 0 Å². The monoisotopic (exact) mass is 315 g/mol. The molecule has 1 aromatic heterocycles. The lowest BCUT2D eigenvalue weighted by molar-refractivity contribution is -0.147. The Labute approximate surface area is 135 Å². The zero-order valence-electron chi connectivity index (χ0n) is 13.4. The molecule has 0 bridgehead atoms. The molecule has 1 N–H and O–H groups in total. The molecule has 2 aromatic rings. The molecular formula is C18H21NO4. The number of benzene rings is 1. The fourth-order valence-electron chi connectivity index (χ4n) is 2.28. The van der Waals surface area contributed by atoms with Gasteiger partial charge in [-0.1, -0.05) is 25.1 Å². The van der Waals surface area contributed by atoms with E-state index in [2.05, 4.69) is 5.32 Å². The highest BCUT2D eigenvalue weighted by Crippen LogP contribution is 2.20. The number of aryl methyl sites for hydroxylation is 3. The van der Waals surface area contributed by atoms with Gasteiger partial charge in [0, 0.05) is 12.1 Å². The number of nitrogens with one attached hydrogen (secondary N) is 1. The quantitative estimate of drug-likeness (QED) is 0.796. The van der Waals surface area contributed by atoms with Crippen LogP contribution < -0.4 is 5.32 Å². The van der Waals surface area contributed by atoms with E-state index in [0.29, 0.717) is 6.42 Å². The SMILES string of the molecule is CCc1cccc(C)c1NC(=O)COC(=O)CCc1ccco1. The Morgan fingerprint density at radius 1 is 1.22 bits per heavy atom. The Kier molecular flexibility index (Phi) is 5.97. The fraction of sp³-hybridized carbons (Fsp3) is 0.333. The summed E-state index contributed by atoms with van der Waals surface area (Å²) in [6.45, 7) is 3.68. The molecule has 1 amide bonds. The van der Waals surface area contributed by atoms with E-state index >= 15 is 0 Å². The topological polar surface area (TPSA) is 68.5 Å². The molecule has 0 saturated carbocycles. The Hall–Kier alpha value is -2.56. The van der Waals surface area contributed by atoms with Gasteiger partial charge >= 0.3 is 5.97 Å². The first-order valence-electron chi connectivity index (χ1n) is 7.66. The van der Waals surface area contributed by atoms with Crippen LogP contribution in [0.1, 0.15) is 30.2 Å². The molecule has 0 aliphatic rings. The molecule has 1 heterocycles. The molecule has 0 radical (unpaired) electrons. The van der Waals surface area contributed by atoms with Gasteiger partial charge in [-0.25, -0.2) is 0 Å². The van der Waals surface area contributed by atoms with Gasteiger partial charge in [-0.2, -0.15) is 0 Å². The lowest BCUT2D eigenvalue weighted by Gasteiger charge is -2.13. The van der Waals surface area contributed by atoms with E-state index in [1.165, 1.54) is 0 Å². The van der Waals surface area contributed by atoms with Crippen molar-refractivity contribution in [1.29, 1.82) is 0 Å². The lowest BCUT2D eigenvalue weighted by Crippen LogP contribution is -2.22. The summed E-state index contributed by atoms with van der Waals surface area (Å²) in [4.78, 5) is 23.6. The zero-order chi connectivity index (χ0) is 16.7. The van der Waals surface area contributed by atoms with Gasteiger partial charge in [0.05, 0.1) is 12.7 Å². The molecule has 122 valence electrons. The van der Waals surface area contributed by atoms with Crippen LogP contribution in [0.15, 0.2) is 41.0 Å².